The summed E-state index contributed by atoms with van der Waals surface area (Å²) in [4.78, 5) is 71.7. The average Bonchev–Trinajstić information content (AvgIpc) is 3.35. The van der Waals surface area contributed by atoms with Gasteiger partial charge in [0.05, 0.1) is 13.0 Å². The number of carbonyl (C=O) groups is 5. The predicted octanol–water partition coefficient (Wildman–Crippen LogP) is 2.77. The van der Waals surface area contributed by atoms with E-state index >= 15 is 0 Å². The molecule has 3 aliphatic heterocycles. The zero-order valence-electron chi connectivity index (χ0n) is 34.5. The van der Waals surface area contributed by atoms with Crippen LogP contribution in [0.2, 0.25) is 0 Å². The summed E-state index contributed by atoms with van der Waals surface area (Å²) in [6.07, 6.45) is 3.81. The van der Waals surface area contributed by atoms with Crippen LogP contribution in [-0.4, -0.2) is 96.1 Å². The lowest BCUT2D eigenvalue weighted by molar-refractivity contribution is -0.159. The van der Waals surface area contributed by atoms with Crippen LogP contribution in [-0.2, 0) is 52.0 Å². The molecule has 0 unspecified atom stereocenters. The summed E-state index contributed by atoms with van der Waals surface area (Å²) >= 11 is 0. The lowest BCUT2D eigenvalue weighted by Crippen LogP contribution is -2.57. The maximum atomic E-state index is 14.4. The van der Waals surface area contributed by atoms with Crippen molar-refractivity contribution in [3.63, 3.8) is 0 Å². The highest BCUT2D eigenvalue weighted by molar-refractivity contribution is 7.87. The van der Waals surface area contributed by atoms with Gasteiger partial charge in [0.15, 0.2) is 0 Å². The molecule has 2 fully saturated rings. The number of hydrogen-bond donors (Lipinski definition) is 2. The van der Waals surface area contributed by atoms with Crippen LogP contribution in [0.4, 0.5) is 4.79 Å². The lowest BCUT2D eigenvalue weighted by atomic mass is 9.95. The summed E-state index contributed by atoms with van der Waals surface area (Å²) in [5, 5.41) is 2.59. The van der Waals surface area contributed by atoms with Gasteiger partial charge in [-0.1, -0.05) is 49.3 Å². The van der Waals surface area contributed by atoms with E-state index in [0.717, 1.165) is 11.1 Å². The van der Waals surface area contributed by atoms with Crippen LogP contribution in [0.25, 0.3) is 0 Å². The molecule has 15 heteroatoms. The highest BCUT2D eigenvalue weighted by Crippen LogP contribution is 2.46. The summed E-state index contributed by atoms with van der Waals surface area (Å²) in [6.45, 7) is -1.95. The Labute approximate surface area is 302 Å². The lowest BCUT2D eigenvalue weighted by Gasteiger charge is -2.30. The SMILES string of the molecule is [2H]C([2H])([2H])N(C([2H])([2H])[2H])S(=O)(=O)NC(=O)[C@@]12C[C@H]1/C=C\CCCCC[C@H](CC(=O)OC(C)(C)C)C(=O)N1C[C@H](OC(=O)N3Cc4ccccc4C3)C[C@H]1C(=O)N2. The monoisotopic (exact) mass is 721 g/mol. The van der Waals surface area contributed by atoms with Gasteiger partial charge < -0.3 is 19.7 Å². The summed E-state index contributed by atoms with van der Waals surface area (Å²) in [5.74, 6) is -5.16. The molecule has 1 aromatic carbocycles. The van der Waals surface area contributed by atoms with E-state index in [2.05, 4.69) is 5.32 Å². The highest BCUT2D eigenvalue weighted by atomic mass is 32.2. The molecule has 4 amide bonds. The van der Waals surface area contributed by atoms with Gasteiger partial charge in [-0.3, -0.25) is 24.1 Å². The van der Waals surface area contributed by atoms with Crippen LogP contribution in [0.15, 0.2) is 36.4 Å². The Morgan fingerprint density at radius 3 is 2.46 bits per heavy atom. The van der Waals surface area contributed by atoms with E-state index in [1.807, 2.05) is 24.3 Å². The van der Waals surface area contributed by atoms with E-state index in [0.29, 0.717) is 45.2 Å². The number of ether oxygens (including phenoxy) is 2. The number of nitrogens with zero attached hydrogens (tertiary/aromatic N) is 3. The molecule has 1 aliphatic carbocycles. The third-order valence-electron chi connectivity index (χ3n) is 9.42. The van der Waals surface area contributed by atoms with Crippen molar-refractivity contribution >= 4 is 40.0 Å². The first-order chi connectivity index (χ1) is 25.9. The highest BCUT2D eigenvalue weighted by Gasteiger charge is 2.62. The van der Waals surface area contributed by atoms with Crippen molar-refractivity contribution in [2.45, 2.75) is 109 Å². The first-order valence-corrected chi connectivity index (χ1v) is 18.3. The number of nitrogens with one attached hydrogen (secondary N) is 2. The topological polar surface area (TPSA) is 172 Å². The van der Waals surface area contributed by atoms with Crippen LogP contribution in [0, 0.1) is 11.8 Å². The molecule has 0 spiro atoms. The third kappa shape index (κ3) is 8.66. The minimum absolute atomic E-state index is 0.131. The van der Waals surface area contributed by atoms with E-state index in [4.69, 9.17) is 17.7 Å². The van der Waals surface area contributed by atoms with Crippen LogP contribution >= 0.6 is 0 Å². The largest absolute Gasteiger partial charge is 0.460 e. The third-order valence-corrected chi connectivity index (χ3v) is 10.3. The van der Waals surface area contributed by atoms with Crippen molar-refractivity contribution in [1.82, 2.24) is 24.1 Å². The zero-order chi connectivity index (χ0) is 41.4. The molecule has 5 rings (SSSR count). The number of hydrogen-bond acceptors (Lipinski definition) is 9. The number of esters is 1. The van der Waals surface area contributed by atoms with Gasteiger partial charge in [-0.25, -0.2) is 9.52 Å². The summed E-state index contributed by atoms with van der Waals surface area (Å²) in [5.41, 5.74) is -0.911. The fourth-order valence-electron chi connectivity index (χ4n) is 6.82. The number of benzene rings is 1. The summed E-state index contributed by atoms with van der Waals surface area (Å²) < 4.78 is 83.8. The van der Waals surface area contributed by atoms with Crippen molar-refractivity contribution in [2.24, 2.45) is 11.8 Å². The van der Waals surface area contributed by atoms with E-state index in [9.17, 15) is 32.4 Å². The fraction of sp³-hybridized carbons (Fsp3) is 0.629. The smallest absolute Gasteiger partial charge is 0.410 e. The van der Waals surface area contributed by atoms with E-state index in [1.54, 1.807) is 37.6 Å². The molecule has 1 saturated carbocycles. The Morgan fingerprint density at radius 2 is 1.80 bits per heavy atom. The summed E-state index contributed by atoms with van der Waals surface area (Å²) in [7, 11) is -5.53. The maximum Gasteiger partial charge on any atom is 0.410 e. The summed E-state index contributed by atoms with van der Waals surface area (Å²) in [6, 6.07) is 6.14. The van der Waals surface area contributed by atoms with Gasteiger partial charge in [0.25, 0.3) is 5.91 Å². The molecule has 2 N–H and O–H groups in total. The normalized spacial score (nSPS) is 30.2. The van der Waals surface area contributed by atoms with Gasteiger partial charge in [0.2, 0.25) is 11.8 Å². The number of allylic oxidation sites excluding steroid dienone is 1. The number of fused-ring (bicyclic) bond motifs is 3. The van der Waals surface area contributed by atoms with Gasteiger partial charge in [-0.05, 0) is 57.6 Å². The molecule has 0 radical (unpaired) electrons. The average molecular weight is 722 g/mol. The molecule has 14 nitrogen and oxygen atoms in total. The molecular weight excluding hydrogens is 666 g/mol. The van der Waals surface area contributed by atoms with E-state index in [1.165, 1.54) is 9.80 Å². The molecule has 1 saturated heterocycles. The molecule has 0 bridgehead atoms. The standard InChI is InChI=1S/C35H49N5O9S/c1-34(2,3)49-29(41)17-23-13-9-7-6-8-10-16-26-19-35(26,32(44)37-50(46,47)38(4)5)36-30(42)28-18-27(22-40(28)31(23)43)48-33(45)39-20-24-14-11-12-15-25(24)21-39/h10-12,14-16,23,26-28H,6-9,13,17-22H2,1-5H3,(H,36,42)(H,37,44)/b16-10-/t23-,26-,27-,28+,35-/m1/s1/i4D3,5D3. The molecule has 274 valence electrons. The minimum atomic E-state index is -5.53. The van der Waals surface area contributed by atoms with Crippen molar-refractivity contribution in [3.8, 4) is 0 Å². The van der Waals surface area contributed by atoms with Crippen LogP contribution in [0.3, 0.4) is 0 Å². The zero-order valence-corrected chi connectivity index (χ0v) is 29.3. The first-order valence-electron chi connectivity index (χ1n) is 19.8. The van der Waals surface area contributed by atoms with Crippen LogP contribution in [0.5, 0.6) is 0 Å². The Bertz CT molecular complexity index is 1810. The Balaban J connectivity index is 1.44. The second-order valence-corrected chi connectivity index (χ2v) is 15.9. The van der Waals surface area contributed by atoms with Gasteiger partial charge in [0.1, 0.15) is 23.3 Å². The molecule has 4 aliphatic rings. The number of carbonyl (C=O) groups excluding carboxylic acids is 5. The van der Waals surface area contributed by atoms with Gasteiger partial charge >= 0.3 is 22.3 Å². The van der Waals surface area contributed by atoms with Gasteiger partial charge in [-0.15, -0.1) is 0 Å². The molecular formula is C35H49N5O9S. The number of amides is 4. The quantitative estimate of drug-likeness (QED) is 0.331. The van der Waals surface area contributed by atoms with Crippen LogP contribution < -0.4 is 10.0 Å². The molecule has 3 heterocycles. The molecule has 1 aromatic rings. The van der Waals surface area contributed by atoms with E-state index < -0.39 is 93.4 Å². The predicted molar refractivity (Wildman–Crippen MR) is 182 cm³/mol. The van der Waals surface area contributed by atoms with E-state index in [-0.39, 0.29) is 25.8 Å². The molecule has 50 heavy (non-hydrogen) atoms. The number of rotatable bonds is 6. The Kier molecular flexibility index (Phi) is 8.74. The minimum Gasteiger partial charge on any atom is -0.460 e. The molecule has 0 aromatic heterocycles. The maximum absolute atomic E-state index is 14.4. The van der Waals surface area contributed by atoms with Crippen molar-refractivity contribution in [1.29, 1.82) is 0 Å². The molecule has 5 atom stereocenters. The van der Waals surface area contributed by atoms with Crippen molar-refractivity contribution < 1.29 is 50.1 Å². The Morgan fingerprint density at radius 1 is 1.10 bits per heavy atom. The van der Waals surface area contributed by atoms with Gasteiger partial charge in [0, 0.05) is 53.5 Å². The van der Waals surface area contributed by atoms with Crippen molar-refractivity contribution in [2.75, 3.05) is 20.5 Å². The van der Waals surface area contributed by atoms with Crippen LogP contribution in [0.1, 0.15) is 91.5 Å². The second-order valence-electron chi connectivity index (χ2n) is 14.4. The van der Waals surface area contributed by atoms with Gasteiger partial charge in [-0.2, -0.15) is 12.7 Å². The van der Waals surface area contributed by atoms with Crippen molar-refractivity contribution in [3.05, 3.63) is 47.5 Å². The first kappa shape index (κ1) is 29.7. The second kappa shape index (κ2) is 14.7. The fourth-order valence-corrected chi connectivity index (χ4v) is 7.32. The Hall–Kier alpha value is -3.98.